The number of benzene rings is 1. The third-order valence-corrected chi connectivity index (χ3v) is 6.75. The molecule has 2 aliphatic heterocycles. The number of fused-ring (bicyclic) bond motifs is 1. The molecule has 0 radical (unpaired) electrons. The van der Waals surface area contributed by atoms with Gasteiger partial charge in [0.15, 0.2) is 0 Å². The Kier molecular flexibility index (Phi) is 5.41. The second kappa shape index (κ2) is 7.74. The largest absolute Gasteiger partial charge is 0.339 e. The van der Waals surface area contributed by atoms with Crippen LogP contribution in [0.5, 0.6) is 0 Å². The molecule has 4 rings (SSSR count). The molecule has 1 aromatic rings. The van der Waals surface area contributed by atoms with E-state index in [-0.39, 0.29) is 6.04 Å². The molecule has 3 fully saturated rings. The molecular formula is C19H27BrN4O. The molecule has 6 heteroatoms. The molecular weight excluding hydrogens is 380 g/mol. The quantitative estimate of drug-likeness (QED) is 0.806. The molecule has 0 spiro atoms. The Morgan fingerprint density at radius 3 is 2.64 bits per heavy atom. The third-order valence-electron chi connectivity index (χ3n) is 5.97. The van der Waals surface area contributed by atoms with Gasteiger partial charge in [-0.05, 0) is 24.5 Å². The molecule has 2 saturated heterocycles. The lowest BCUT2D eigenvalue weighted by Crippen LogP contribution is -2.54. The molecule has 3 atom stereocenters. The first-order valence-corrected chi connectivity index (χ1v) is 10.3. The highest BCUT2D eigenvalue weighted by Gasteiger charge is 2.42. The number of piperazine rings is 1. The van der Waals surface area contributed by atoms with Gasteiger partial charge in [-0.15, -0.1) is 0 Å². The van der Waals surface area contributed by atoms with Gasteiger partial charge < -0.3 is 4.90 Å². The lowest BCUT2D eigenvalue weighted by Gasteiger charge is -2.37. The van der Waals surface area contributed by atoms with Crippen molar-refractivity contribution in [3.05, 3.63) is 34.3 Å². The molecule has 5 nitrogen and oxygen atoms in total. The molecule has 2 N–H and O–H groups in total. The van der Waals surface area contributed by atoms with E-state index < -0.39 is 0 Å². The van der Waals surface area contributed by atoms with Crippen LogP contribution >= 0.6 is 15.9 Å². The van der Waals surface area contributed by atoms with Crippen LogP contribution in [-0.4, -0.2) is 54.0 Å². The van der Waals surface area contributed by atoms with Crippen LogP contribution in [0.15, 0.2) is 28.7 Å². The lowest BCUT2D eigenvalue weighted by atomic mass is 9.81. The summed E-state index contributed by atoms with van der Waals surface area (Å²) in [5.41, 5.74) is 7.97. The van der Waals surface area contributed by atoms with Crippen LogP contribution in [0.1, 0.15) is 31.2 Å². The topological polar surface area (TPSA) is 47.6 Å². The van der Waals surface area contributed by atoms with Crippen molar-refractivity contribution in [1.82, 2.24) is 20.7 Å². The van der Waals surface area contributed by atoms with Crippen molar-refractivity contribution in [2.75, 3.05) is 26.2 Å². The molecule has 2 heterocycles. The number of halogens is 1. The van der Waals surface area contributed by atoms with Gasteiger partial charge in [-0.1, -0.05) is 47.0 Å². The van der Waals surface area contributed by atoms with Crippen molar-refractivity contribution >= 4 is 21.8 Å². The maximum Gasteiger partial charge on any atom is 0.241 e. The highest BCUT2D eigenvalue weighted by Crippen LogP contribution is 2.31. The number of hydrogen-bond acceptors (Lipinski definition) is 4. The summed E-state index contributed by atoms with van der Waals surface area (Å²) in [6, 6.07) is 8.84. The number of hydrogen-bond donors (Lipinski definition) is 2. The van der Waals surface area contributed by atoms with E-state index in [4.69, 9.17) is 0 Å². The predicted octanol–water partition coefficient (Wildman–Crippen LogP) is 2.13. The minimum atomic E-state index is -0.0277. The minimum absolute atomic E-state index is 0.0277. The Labute approximate surface area is 158 Å². The van der Waals surface area contributed by atoms with Gasteiger partial charge in [0, 0.05) is 49.2 Å². The van der Waals surface area contributed by atoms with E-state index >= 15 is 0 Å². The van der Waals surface area contributed by atoms with Crippen LogP contribution in [0.4, 0.5) is 0 Å². The summed E-state index contributed by atoms with van der Waals surface area (Å²) in [5.74, 6) is 0.766. The van der Waals surface area contributed by atoms with Crippen molar-refractivity contribution in [1.29, 1.82) is 0 Å². The SMILES string of the molecule is O=C(C1NNC2CCCCC21)N1CCN(Cc2ccccc2Br)CC1. The summed E-state index contributed by atoms with van der Waals surface area (Å²) in [6.45, 7) is 4.50. The van der Waals surface area contributed by atoms with Crippen LogP contribution in [0.3, 0.4) is 0 Å². The van der Waals surface area contributed by atoms with Crippen LogP contribution < -0.4 is 10.9 Å². The molecule has 0 bridgehead atoms. The van der Waals surface area contributed by atoms with Crippen LogP contribution in [0, 0.1) is 5.92 Å². The average molecular weight is 407 g/mol. The molecule has 0 aromatic heterocycles. The second-order valence-corrected chi connectivity index (χ2v) is 8.37. The summed E-state index contributed by atoms with van der Waals surface area (Å²) in [5, 5.41) is 0. The highest BCUT2D eigenvalue weighted by molar-refractivity contribution is 9.10. The standard InChI is InChI=1S/C19H27BrN4O/c20-16-7-3-1-5-14(16)13-23-9-11-24(12-10-23)19(25)18-15-6-2-4-8-17(15)21-22-18/h1,3,5,7,15,17-18,21-22H,2,4,6,8-13H2. The second-order valence-electron chi connectivity index (χ2n) is 7.51. The van der Waals surface area contributed by atoms with E-state index in [9.17, 15) is 4.79 Å². The van der Waals surface area contributed by atoms with Gasteiger partial charge >= 0.3 is 0 Å². The van der Waals surface area contributed by atoms with Gasteiger partial charge in [-0.2, -0.15) is 0 Å². The molecule has 1 aliphatic carbocycles. The number of hydrazine groups is 1. The molecule has 3 aliphatic rings. The molecule has 25 heavy (non-hydrogen) atoms. The molecule has 1 amide bonds. The summed E-state index contributed by atoms with van der Waals surface area (Å²) < 4.78 is 1.16. The number of nitrogens with zero attached hydrogens (tertiary/aromatic N) is 2. The summed E-state index contributed by atoms with van der Waals surface area (Å²) in [7, 11) is 0. The Morgan fingerprint density at radius 2 is 1.84 bits per heavy atom. The zero-order chi connectivity index (χ0) is 17.2. The van der Waals surface area contributed by atoms with Gasteiger partial charge in [0.2, 0.25) is 5.91 Å². The summed E-state index contributed by atoms with van der Waals surface area (Å²) in [4.78, 5) is 17.5. The highest BCUT2D eigenvalue weighted by atomic mass is 79.9. The Hall–Kier alpha value is -0.950. The maximum atomic E-state index is 13.0. The maximum absolute atomic E-state index is 13.0. The molecule has 3 unspecified atom stereocenters. The van der Waals surface area contributed by atoms with E-state index in [0.29, 0.717) is 17.9 Å². The first kappa shape index (κ1) is 17.5. The van der Waals surface area contributed by atoms with Crippen molar-refractivity contribution in [2.24, 2.45) is 5.92 Å². The average Bonchev–Trinajstić information content (AvgIpc) is 3.08. The van der Waals surface area contributed by atoms with Gasteiger partial charge in [-0.3, -0.25) is 15.1 Å². The Balaban J connectivity index is 1.31. The van der Waals surface area contributed by atoms with Gasteiger partial charge in [-0.25, -0.2) is 5.43 Å². The van der Waals surface area contributed by atoms with Crippen molar-refractivity contribution in [2.45, 2.75) is 44.3 Å². The summed E-state index contributed by atoms with van der Waals surface area (Å²) >= 11 is 3.63. The Morgan fingerprint density at radius 1 is 1.08 bits per heavy atom. The fourth-order valence-electron chi connectivity index (χ4n) is 4.48. The normalized spacial score (nSPS) is 30.3. The van der Waals surface area contributed by atoms with E-state index in [2.05, 4.69) is 54.8 Å². The number of rotatable bonds is 3. The number of carbonyl (C=O) groups is 1. The van der Waals surface area contributed by atoms with Gasteiger partial charge in [0.05, 0.1) is 0 Å². The minimum Gasteiger partial charge on any atom is -0.339 e. The molecule has 1 aromatic carbocycles. The van der Waals surface area contributed by atoms with Crippen LogP contribution in [0.2, 0.25) is 0 Å². The fourth-order valence-corrected chi connectivity index (χ4v) is 4.89. The predicted molar refractivity (Wildman–Crippen MR) is 102 cm³/mol. The summed E-state index contributed by atoms with van der Waals surface area (Å²) in [6.07, 6.45) is 4.91. The van der Waals surface area contributed by atoms with Crippen molar-refractivity contribution in [3.8, 4) is 0 Å². The number of carbonyl (C=O) groups excluding carboxylic acids is 1. The van der Waals surface area contributed by atoms with E-state index in [0.717, 1.165) is 37.2 Å². The first-order valence-electron chi connectivity index (χ1n) is 9.48. The van der Waals surface area contributed by atoms with E-state index in [1.54, 1.807) is 0 Å². The lowest BCUT2D eigenvalue weighted by molar-refractivity contribution is -0.136. The third kappa shape index (κ3) is 3.77. The molecule has 1 saturated carbocycles. The van der Waals surface area contributed by atoms with E-state index in [1.807, 2.05) is 6.07 Å². The van der Waals surface area contributed by atoms with Crippen molar-refractivity contribution in [3.63, 3.8) is 0 Å². The number of amides is 1. The fraction of sp³-hybridized carbons (Fsp3) is 0.632. The first-order chi connectivity index (χ1) is 12.2. The van der Waals surface area contributed by atoms with Gasteiger partial charge in [0.1, 0.15) is 6.04 Å². The van der Waals surface area contributed by atoms with Crippen LogP contribution in [-0.2, 0) is 11.3 Å². The zero-order valence-corrected chi connectivity index (χ0v) is 16.2. The Bertz CT molecular complexity index is 617. The monoisotopic (exact) mass is 406 g/mol. The molecule has 136 valence electrons. The van der Waals surface area contributed by atoms with Gasteiger partial charge in [0.25, 0.3) is 0 Å². The van der Waals surface area contributed by atoms with E-state index in [1.165, 1.54) is 31.2 Å². The zero-order valence-electron chi connectivity index (χ0n) is 14.6. The van der Waals surface area contributed by atoms with Crippen LogP contribution in [0.25, 0.3) is 0 Å². The smallest absolute Gasteiger partial charge is 0.241 e. The number of nitrogens with one attached hydrogen (secondary N) is 2. The van der Waals surface area contributed by atoms with Crippen molar-refractivity contribution < 1.29 is 4.79 Å².